The number of benzene rings is 1. The molecule has 0 aliphatic carbocycles. The quantitative estimate of drug-likeness (QED) is 0.862. The lowest BCUT2D eigenvalue weighted by molar-refractivity contribution is 0.102. The van der Waals surface area contributed by atoms with E-state index < -0.39 is 0 Å². The third-order valence-electron chi connectivity index (χ3n) is 2.88. The Morgan fingerprint density at radius 3 is 2.39 bits per heavy atom. The zero-order chi connectivity index (χ0) is 17.0. The average molecular weight is 355 g/mol. The molecule has 1 aromatic heterocycles. The Balaban J connectivity index is 2.29. The summed E-state index contributed by atoms with van der Waals surface area (Å²) < 4.78 is 10.9. The smallest absolute Gasteiger partial charge is 0.255 e. The first kappa shape index (κ1) is 17.4. The first-order valence-corrected chi connectivity index (χ1v) is 7.63. The van der Waals surface area contributed by atoms with Crippen LogP contribution >= 0.6 is 23.2 Å². The summed E-state index contributed by atoms with van der Waals surface area (Å²) in [7, 11) is 1.54. The van der Waals surface area contributed by atoms with Gasteiger partial charge in [-0.1, -0.05) is 23.2 Å². The summed E-state index contributed by atoms with van der Waals surface area (Å²) in [6.45, 7) is 3.78. The zero-order valence-electron chi connectivity index (χ0n) is 12.9. The molecule has 122 valence electrons. The Hall–Kier alpha value is -1.98. The third-order valence-corrected chi connectivity index (χ3v) is 3.45. The molecule has 23 heavy (non-hydrogen) atoms. The summed E-state index contributed by atoms with van der Waals surface area (Å²) in [5, 5.41) is 3.20. The standard InChI is InChI=1S/C16H16Cl2N2O3/c1-9(2)23-14-6-10(4-5-13(14)22-3)16(21)20-15-11(17)7-19-8-12(15)18/h4-9H,1-3H3,(H,19,20,21). The van der Waals surface area contributed by atoms with Crippen molar-refractivity contribution in [1.82, 2.24) is 4.98 Å². The summed E-state index contributed by atoms with van der Waals surface area (Å²) in [6.07, 6.45) is 2.76. The lowest BCUT2D eigenvalue weighted by Gasteiger charge is -2.15. The molecule has 0 aliphatic heterocycles. The van der Waals surface area contributed by atoms with Crippen molar-refractivity contribution >= 4 is 34.8 Å². The molecule has 0 bridgehead atoms. The van der Waals surface area contributed by atoms with E-state index in [1.54, 1.807) is 25.3 Å². The largest absolute Gasteiger partial charge is 0.493 e. The predicted octanol–water partition coefficient (Wildman–Crippen LogP) is 4.44. The van der Waals surface area contributed by atoms with Gasteiger partial charge in [-0.25, -0.2) is 0 Å². The Morgan fingerprint density at radius 2 is 1.83 bits per heavy atom. The van der Waals surface area contributed by atoms with Crippen LogP contribution in [0.5, 0.6) is 11.5 Å². The minimum absolute atomic E-state index is 0.0497. The molecule has 7 heteroatoms. The second-order valence-electron chi connectivity index (χ2n) is 4.96. The van der Waals surface area contributed by atoms with Crippen molar-refractivity contribution in [2.45, 2.75) is 20.0 Å². The van der Waals surface area contributed by atoms with Gasteiger partial charge in [0.2, 0.25) is 0 Å². The summed E-state index contributed by atoms with van der Waals surface area (Å²) in [4.78, 5) is 16.3. The number of nitrogens with zero attached hydrogens (tertiary/aromatic N) is 1. The number of carbonyl (C=O) groups excluding carboxylic acids is 1. The molecule has 0 saturated heterocycles. The molecule has 0 atom stereocenters. The van der Waals surface area contributed by atoms with Gasteiger partial charge in [0.25, 0.3) is 5.91 Å². The van der Waals surface area contributed by atoms with Gasteiger partial charge < -0.3 is 14.8 Å². The molecule has 0 spiro atoms. The topological polar surface area (TPSA) is 60.5 Å². The number of halogens is 2. The highest BCUT2D eigenvalue weighted by Gasteiger charge is 2.15. The molecule has 0 unspecified atom stereocenters. The molecule has 5 nitrogen and oxygen atoms in total. The molecule has 2 rings (SSSR count). The molecule has 0 radical (unpaired) electrons. The number of anilines is 1. The van der Waals surface area contributed by atoms with Crippen LogP contribution in [0, 0.1) is 0 Å². The highest BCUT2D eigenvalue weighted by molar-refractivity contribution is 6.39. The molecule has 1 amide bonds. The molecule has 0 saturated carbocycles. The molecular weight excluding hydrogens is 339 g/mol. The molecule has 0 aliphatic rings. The van der Waals surface area contributed by atoms with Crippen LogP contribution in [0.25, 0.3) is 0 Å². The SMILES string of the molecule is COc1ccc(C(=O)Nc2c(Cl)cncc2Cl)cc1OC(C)C. The Kier molecular flexibility index (Phi) is 5.69. The number of rotatable bonds is 5. The zero-order valence-corrected chi connectivity index (χ0v) is 14.4. The van der Waals surface area contributed by atoms with Crippen LogP contribution in [-0.4, -0.2) is 24.1 Å². The van der Waals surface area contributed by atoms with Gasteiger partial charge in [0, 0.05) is 18.0 Å². The monoisotopic (exact) mass is 354 g/mol. The number of ether oxygens (including phenoxy) is 2. The van der Waals surface area contributed by atoms with Crippen LogP contribution in [-0.2, 0) is 0 Å². The van der Waals surface area contributed by atoms with Gasteiger partial charge in [0.1, 0.15) is 0 Å². The fraction of sp³-hybridized carbons (Fsp3) is 0.250. The highest BCUT2D eigenvalue weighted by atomic mass is 35.5. The summed E-state index contributed by atoms with van der Waals surface area (Å²) in [5.41, 5.74) is 0.709. The van der Waals surface area contributed by atoms with Crippen molar-refractivity contribution in [3.8, 4) is 11.5 Å². The van der Waals surface area contributed by atoms with E-state index in [9.17, 15) is 4.79 Å². The van der Waals surface area contributed by atoms with Crippen LogP contribution in [0.1, 0.15) is 24.2 Å². The van der Waals surface area contributed by atoms with E-state index in [0.717, 1.165) is 0 Å². The number of amides is 1. The number of nitrogens with one attached hydrogen (secondary N) is 1. The fourth-order valence-electron chi connectivity index (χ4n) is 1.88. The van der Waals surface area contributed by atoms with E-state index in [4.69, 9.17) is 32.7 Å². The van der Waals surface area contributed by atoms with Gasteiger partial charge in [0.15, 0.2) is 11.5 Å². The van der Waals surface area contributed by atoms with Crippen molar-refractivity contribution in [2.24, 2.45) is 0 Å². The van der Waals surface area contributed by atoms with E-state index in [-0.39, 0.29) is 22.1 Å². The normalized spacial score (nSPS) is 10.5. The summed E-state index contributed by atoms with van der Waals surface area (Å²) >= 11 is 12.0. The van der Waals surface area contributed by atoms with Gasteiger partial charge in [-0.05, 0) is 32.0 Å². The second kappa shape index (κ2) is 7.53. The molecular formula is C16H16Cl2N2O3. The van der Waals surface area contributed by atoms with Crippen molar-refractivity contribution in [3.63, 3.8) is 0 Å². The van der Waals surface area contributed by atoms with E-state index >= 15 is 0 Å². The first-order chi connectivity index (χ1) is 10.9. The Bertz CT molecular complexity index is 700. The van der Waals surface area contributed by atoms with Crippen LogP contribution in [0.4, 0.5) is 5.69 Å². The fourth-order valence-corrected chi connectivity index (χ4v) is 2.34. The Labute approximate surface area is 144 Å². The van der Waals surface area contributed by atoms with Gasteiger partial charge in [-0.3, -0.25) is 9.78 Å². The van der Waals surface area contributed by atoms with Crippen LogP contribution in [0.3, 0.4) is 0 Å². The summed E-state index contributed by atoms with van der Waals surface area (Å²) in [5.74, 6) is 0.675. The number of pyridine rings is 1. The molecule has 2 aromatic rings. The molecule has 1 N–H and O–H groups in total. The number of carbonyl (C=O) groups is 1. The van der Waals surface area contributed by atoms with E-state index in [1.807, 2.05) is 13.8 Å². The molecule has 1 aromatic carbocycles. The van der Waals surface area contributed by atoms with Crippen molar-refractivity contribution < 1.29 is 14.3 Å². The van der Waals surface area contributed by atoms with Crippen LogP contribution < -0.4 is 14.8 Å². The highest BCUT2D eigenvalue weighted by Crippen LogP contribution is 2.31. The lowest BCUT2D eigenvalue weighted by Crippen LogP contribution is -2.14. The number of aromatic nitrogens is 1. The van der Waals surface area contributed by atoms with Gasteiger partial charge in [-0.2, -0.15) is 0 Å². The summed E-state index contributed by atoms with van der Waals surface area (Å²) in [6, 6.07) is 4.91. The van der Waals surface area contributed by atoms with Crippen molar-refractivity contribution in [2.75, 3.05) is 12.4 Å². The number of methoxy groups -OCH3 is 1. The van der Waals surface area contributed by atoms with Gasteiger partial charge in [-0.15, -0.1) is 0 Å². The predicted molar refractivity (Wildman–Crippen MR) is 91.0 cm³/mol. The maximum Gasteiger partial charge on any atom is 0.255 e. The molecule has 0 fully saturated rings. The van der Waals surface area contributed by atoms with Crippen LogP contribution in [0.2, 0.25) is 10.0 Å². The maximum absolute atomic E-state index is 12.4. The van der Waals surface area contributed by atoms with Gasteiger partial charge in [0.05, 0.1) is 28.9 Å². The maximum atomic E-state index is 12.4. The van der Waals surface area contributed by atoms with E-state index in [1.165, 1.54) is 12.4 Å². The lowest BCUT2D eigenvalue weighted by atomic mass is 10.2. The van der Waals surface area contributed by atoms with Gasteiger partial charge >= 0.3 is 0 Å². The average Bonchev–Trinajstić information content (AvgIpc) is 2.50. The second-order valence-corrected chi connectivity index (χ2v) is 5.78. The Morgan fingerprint density at radius 1 is 1.17 bits per heavy atom. The minimum Gasteiger partial charge on any atom is -0.493 e. The van der Waals surface area contributed by atoms with Crippen LogP contribution in [0.15, 0.2) is 30.6 Å². The van der Waals surface area contributed by atoms with E-state index in [2.05, 4.69) is 10.3 Å². The third kappa shape index (κ3) is 4.27. The van der Waals surface area contributed by atoms with Crippen molar-refractivity contribution in [1.29, 1.82) is 0 Å². The number of hydrogen-bond acceptors (Lipinski definition) is 4. The van der Waals surface area contributed by atoms with E-state index in [0.29, 0.717) is 22.7 Å². The first-order valence-electron chi connectivity index (χ1n) is 6.87. The van der Waals surface area contributed by atoms with Crippen molar-refractivity contribution in [3.05, 3.63) is 46.2 Å². The number of hydrogen-bond donors (Lipinski definition) is 1. The molecule has 1 heterocycles. The minimum atomic E-state index is -0.365.